The molecule has 0 saturated heterocycles. The van der Waals surface area contributed by atoms with E-state index in [-0.39, 0.29) is 24.3 Å². The molecule has 178 valence electrons. The number of nitrogens with zero attached hydrogens (tertiary/aromatic N) is 2. The van der Waals surface area contributed by atoms with Crippen molar-refractivity contribution in [1.82, 2.24) is 0 Å². The van der Waals surface area contributed by atoms with Gasteiger partial charge in [0, 0.05) is 17.7 Å². The fourth-order valence-electron chi connectivity index (χ4n) is 5.12. The van der Waals surface area contributed by atoms with Crippen molar-refractivity contribution in [2.24, 2.45) is 0 Å². The molecule has 35 heavy (non-hydrogen) atoms. The Morgan fingerprint density at radius 3 is 2.26 bits per heavy atom. The standard InChI is InChI=1S/C29H28N2O4/c1-5-19-16-30(24-14-17(3)18(4)15-25(24)31(19)29(34)35-6-2)28(33)23-13-9-12-21-20-10-7-8-11-22(20)27(32)26(21)23/h7-15,19H,5-6,16H2,1-4H3. The lowest BCUT2D eigenvalue weighted by atomic mass is 9.96. The molecular formula is C29H28N2O4. The summed E-state index contributed by atoms with van der Waals surface area (Å²) in [5.74, 6) is -0.369. The average Bonchev–Trinajstić information content (AvgIpc) is 3.16. The molecule has 2 amide bonds. The molecule has 0 bridgehead atoms. The van der Waals surface area contributed by atoms with Gasteiger partial charge in [-0.05, 0) is 67.6 Å². The third kappa shape index (κ3) is 3.52. The van der Waals surface area contributed by atoms with Crippen molar-refractivity contribution in [1.29, 1.82) is 0 Å². The first-order valence-corrected chi connectivity index (χ1v) is 12.0. The van der Waals surface area contributed by atoms with E-state index in [4.69, 9.17) is 4.74 Å². The Bertz CT molecular complexity index is 1380. The van der Waals surface area contributed by atoms with Crippen molar-refractivity contribution in [3.63, 3.8) is 0 Å². The van der Waals surface area contributed by atoms with Crippen LogP contribution in [0.4, 0.5) is 16.2 Å². The van der Waals surface area contributed by atoms with Crippen LogP contribution in [0.2, 0.25) is 0 Å². The number of anilines is 2. The van der Waals surface area contributed by atoms with Gasteiger partial charge in [0.2, 0.25) is 0 Å². The van der Waals surface area contributed by atoms with Crippen LogP contribution in [0.3, 0.4) is 0 Å². The number of aryl methyl sites for hydroxylation is 2. The van der Waals surface area contributed by atoms with Gasteiger partial charge in [0.1, 0.15) is 0 Å². The van der Waals surface area contributed by atoms with E-state index in [1.165, 1.54) is 0 Å². The van der Waals surface area contributed by atoms with E-state index in [0.717, 1.165) is 22.3 Å². The van der Waals surface area contributed by atoms with Crippen LogP contribution in [0.1, 0.15) is 57.7 Å². The van der Waals surface area contributed by atoms with Crippen LogP contribution in [-0.4, -0.2) is 37.0 Å². The van der Waals surface area contributed by atoms with Crippen LogP contribution in [-0.2, 0) is 4.74 Å². The minimum Gasteiger partial charge on any atom is -0.449 e. The Morgan fingerprint density at radius 1 is 0.914 bits per heavy atom. The highest BCUT2D eigenvalue weighted by Gasteiger charge is 2.39. The molecule has 0 N–H and O–H groups in total. The van der Waals surface area contributed by atoms with Crippen molar-refractivity contribution in [2.75, 3.05) is 23.0 Å². The van der Waals surface area contributed by atoms with Gasteiger partial charge in [-0.1, -0.05) is 43.3 Å². The van der Waals surface area contributed by atoms with E-state index in [0.29, 0.717) is 41.0 Å². The first-order chi connectivity index (χ1) is 16.9. The van der Waals surface area contributed by atoms with E-state index in [2.05, 4.69) is 0 Å². The Morgan fingerprint density at radius 2 is 1.57 bits per heavy atom. The molecular weight excluding hydrogens is 440 g/mol. The summed E-state index contributed by atoms with van der Waals surface area (Å²) in [4.78, 5) is 43.8. The van der Waals surface area contributed by atoms with Gasteiger partial charge in [-0.15, -0.1) is 0 Å². The molecule has 1 unspecified atom stereocenters. The SMILES string of the molecule is CCOC(=O)N1c2cc(C)c(C)cc2N(C(=O)c2cccc3c2C(=O)c2ccccc2-3)CC1CC. The Labute approximate surface area is 205 Å². The van der Waals surface area contributed by atoms with Crippen molar-refractivity contribution in [3.05, 3.63) is 82.4 Å². The van der Waals surface area contributed by atoms with Crippen molar-refractivity contribution in [3.8, 4) is 11.1 Å². The quantitative estimate of drug-likeness (QED) is 0.375. The maximum Gasteiger partial charge on any atom is 0.414 e. The molecule has 6 heteroatoms. The van der Waals surface area contributed by atoms with Crippen LogP contribution in [0.15, 0.2) is 54.6 Å². The molecule has 0 saturated carbocycles. The molecule has 3 aromatic rings. The number of carbonyl (C=O) groups is 3. The number of hydrogen-bond acceptors (Lipinski definition) is 4. The highest BCUT2D eigenvalue weighted by Crippen LogP contribution is 2.42. The molecule has 1 aliphatic heterocycles. The second-order valence-electron chi connectivity index (χ2n) is 9.07. The van der Waals surface area contributed by atoms with Crippen molar-refractivity contribution < 1.29 is 19.1 Å². The zero-order valence-electron chi connectivity index (χ0n) is 20.4. The number of benzene rings is 3. The number of carbonyl (C=O) groups excluding carboxylic acids is 3. The third-order valence-electron chi connectivity index (χ3n) is 7.06. The number of fused-ring (bicyclic) bond motifs is 4. The van der Waals surface area contributed by atoms with E-state index in [1.54, 1.807) is 28.9 Å². The second-order valence-corrected chi connectivity index (χ2v) is 9.07. The van der Waals surface area contributed by atoms with Crippen LogP contribution in [0.25, 0.3) is 11.1 Å². The zero-order valence-corrected chi connectivity index (χ0v) is 20.4. The molecule has 2 aliphatic rings. The maximum atomic E-state index is 14.1. The Hall–Kier alpha value is -3.93. The van der Waals surface area contributed by atoms with Crippen molar-refractivity contribution >= 4 is 29.2 Å². The minimum absolute atomic E-state index is 0.128. The molecule has 0 aromatic heterocycles. The summed E-state index contributed by atoms with van der Waals surface area (Å²) in [7, 11) is 0. The topological polar surface area (TPSA) is 66.9 Å². The number of hydrogen-bond donors (Lipinski definition) is 0. The number of rotatable bonds is 3. The molecule has 1 heterocycles. The molecule has 0 fully saturated rings. The maximum absolute atomic E-state index is 14.1. The van der Waals surface area contributed by atoms with Gasteiger partial charge >= 0.3 is 6.09 Å². The minimum atomic E-state index is -0.415. The van der Waals surface area contributed by atoms with Gasteiger partial charge in [0.25, 0.3) is 5.91 Å². The van der Waals surface area contributed by atoms with Gasteiger partial charge in [-0.2, -0.15) is 0 Å². The lowest BCUT2D eigenvalue weighted by Gasteiger charge is -2.42. The summed E-state index contributed by atoms with van der Waals surface area (Å²) in [6.45, 7) is 8.33. The summed E-state index contributed by atoms with van der Waals surface area (Å²) < 4.78 is 5.37. The third-order valence-corrected chi connectivity index (χ3v) is 7.06. The van der Waals surface area contributed by atoms with Gasteiger partial charge in [-0.25, -0.2) is 4.79 Å². The summed E-state index contributed by atoms with van der Waals surface area (Å²) in [6.07, 6.45) is 0.230. The van der Waals surface area contributed by atoms with E-state index >= 15 is 0 Å². The average molecular weight is 469 g/mol. The Balaban J connectivity index is 1.64. The van der Waals surface area contributed by atoms with Crippen molar-refractivity contribution in [2.45, 2.75) is 40.2 Å². The van der Waals surface area contributed by atoms with E-state index in [1.807, 2.05) is 63.2 Å². The van der Waals surface area contributed by atoms with Crippen LogP contribution < -0.4 is 9.80 Å². The first kappa shape index (κ1) is 22.8. The molecule has 0 radical (unpaired) electrons. The number of ketones is 1. The van der Waals surface area contributed by atoms with Gasteiger partial charge in [0.05, 0.1) is 29.6 Å². The smallest absolute Gasteiger partial charge is 0.414 e. The molecule has 1 aliphatic carbocycles. The van der Waals surface area contributed by atoms with Crippen LogP contribution >= 0.6 is 0 Å². The second kappa shape index (κ2) is 8.69. The monoisotopic (exact) mass is 468 g/mol. The summed E-state index contributed by atoms with van der Waals surface area (Å²) in [5, 5.41) is 0. The highest BCUT2D eigenvalue weighted by atomic mass is 16.6. The lowest BCUT2D eigenvalue weighted by Crippen LogP contribution is -2.53. The zero-order chi connectivity index (χ0) is 24.9. The molecule has 0 spiro atoms. The van der Waals surface area contributed by atoms with E-state index in [9.17, 15) is 14.4 Å². The van der Waals surface area contributed by atoms with Crippen LogP contribution in [0, 0.1) is 13.8 Å². The normalized spacial score (nSPS) is 16.0. The highest BCUT2D eigenvalue weighted by molar-refractivity contribution is 6.27. The van der Waals surface area contributed by atoms with E-state index < -0.39 is 6.09 Å². The van der Waals surface area contributed by atoms with Gasteiger partial charge in [0.15, 0.2) is 5.78 Å². The molecule has 3 aromatic carbocycles. The fourth-order valence-corrected chi connectivity index (χ4v) is 5.12. The summed E-state index contributed by atoms with van der Waals surface area (Å²) in [5.41, 5.74) is 6.43. The fraction of sp³-hybridized carbons (Fsp3) is 0.276. The summed E-state index contributed by atoms with van der Waals surface area (Å²) in [6, 6.07) is 16.5. The summed E-state index contributed by atoms with van der Waals surface area (Å²) >= 11 is 0. The van der Waals surface area contributed by atoms with Crippen LogP contribution in [0.5, 0.6) is 0 Å². The molecule has 1 atom stereocenters. The van der Waals surface area contributed by atoms with Gasteiger partial charge < -0.3 is 9.64 Å². The lowest BCUT2D eigenvalue weighted by molar-refractivity contribution is 0.0968. The molecule has 5 rings (SSSR count). The predicted octanol–water partition coefficient (Wildman–Crippen LogP) is 5.92. The predicted molar refractivity (Wildman–Crippen MR) is 136 cm³/mol. The molecule has 6 nitrogen and oxygen atoms in total. The first-order valence-electron chi connectivity index (χ1n) is 12.0. The number of ether oxygens (including phenoxy) is 1. The largest absolute Gasteiger partial charge is 0.449 e. The van der Waals surface area contributed by atoms with Gasteiger partial charge in [-0.3, -0.25) is 14.5 Å². The number of amides is 2. The Kier molecular flexibility index (Phi) is 5.67.